The second-order valence-corrected chi connectivity index (χ2v) is 9.57. The van der Waals surface area contributed by atoms with Gasteiger partial charge in [-0.05, 0) is 76.0 Å². The van der Waals surface area contributed by atoms with Gasteiger partial charge in [-0.2, -0.15) is 0 Å². The summed E-state index contributed by atoms with van der Waals surface area (Å²) >= 11 is 0. The Labute approximate surface area is 218 Å². The van der Waals surface area contributed by atoms with Gasteiger partial charge in [0.2, 0.25) is 0 Å². The first-order valence-electron chi connectivity index (χ1n) is 12.8. The number of esters is 1. The van der Waals surface area contributed by atoms with Gasteiger partial charge in [-0.1, -0.05) is 6.42 Å². The van der Waals surface area contributed by atoms with Crippen LogP contribution in [0.25, 0.3) is 6.08 Å². The Kier molecular flexibility index (Phi) is 8.38. The molecule has 0 saturated carbocycles. The molecule has 2 aliphatic heterocycles. The Morgan fingerprint density at radius 2 is 1.78 bits per heavy atom. The number of carbonyl (C=O) groups is 2. The fourth-order valence-corrected chi connectivity index (χ4v) is 4.82. The molecule has 2 heterocycles. The van der Waals surface area contributed by atoms with Crippen molar-refractivity contribution in [2.45, 2.75) is 47.0 Å². The van der Waals surface area contributed by atoms with Crippen molar-refractivity contribution in [3.05, 3.63) is 46.0 Å². The molecule has 198 valence electrons. The number of methoxy groups -OCH3 is 1. The summed E-state index contributed by atoms with van der Waals surface area (Å²) in [5.74, 6) is 1.75. The van der Waals surface area contributed by atoms with Gasteiger partial charge in [0.1, 0.15) is 24.7 Å². The first-order chi connectivity index (χ1) is 17.8. The van der Waals surface area contributed by atoms with E-state index in [1.54, 1.807) is 25.3 Å². The van der Waals surface area contributed by atoms with Crippen molar-refractivity contribution >= 4 is 23.6 Å². The van der Waals surface area contributed by atoms with E-state index in [1.165, 1.54) is 26.2 Å². The van der Waals surface area contributed by atoms with Crippen molar-refractivity contribution in [2.75, 3.05) is 45.3 Å². The molecular weight excluding hydrogens is 472 g/mol. The number of hydrogen-bond acceptors (Lipinski definition) is 7. The van der Waals surface area contributed by atoms with Crippen molar-refractivity contribution < 1.29 is 28.5 Å². The van der Waals surface area contributed by atoms with Crippen LogP contribution in [0, 0.1) is 20.8 Å². The van der Waals surface area contributed by atoms with Crippen molar-refractivity contribution in [1.82, 2.24) is 4.90 Å². The molecule has 0 unspecified atom stereocenters. The van der Waals surface area contributed by atoms with Crippen molar-refractivity contribution in [3.8, 4) is 23.0 Å². The fraction of sp³-hybridized carbons (Fsp3) is 0.448. The van der Waals surface area contributed by atoms with E-state index < -0.39 is 5.97 Å². The van der Waals surface area contributed by atoms with Gasteiger partial charge in [0.15, 0.2) is 11.5 Å². The maximum atomic E-state index is 13.2. The summed E-state index contributed by atoms with van der Waals surface area (Å²) in [5, 5.41) is 2.95. The molecule has 0 aromatic heterocycles. The molecular formula is C29H36N2O6. The van der Waals surface area contributed by atoms with E-state index in [1.807, 2.05) is 26.8 Å². The molecule has 0 atom stereocenters. The minimum atomic E-state index is -0.391. The van der Waals surface area contributed by atoms with Crippen molar-refractivity contribution in [2.24, 2.45) is 0 Å². The molecule has 0 aliphatic carbocycles. The van der Waals surface area contributed by atoms with Crippen LogP contribution < -0.4 is 24.3 Å². The van der Waals surface area contributed by atoms with Crippen LogP contribution in [0.2, 0.25) is 0 Å². The molecule has 8 nitrogen and oxygen atoms in total. The number of hydrogen-bond donors (Lipinski definition) is 1. The van der Waals surface area contributed by atoms with Gasteiger partial charge in [0.25, 0.3) is 5.91 Å². The van der Waals surface area contributed by atoms with Gasteiger partial charge < -0.3 is 24.3 Å². The summed E-state index contributed by atoms with van der Waals surface area (Å²) in [4.78, 5) is 27.2. The minimum Gasteiger partial charge on any atom is -0.493 e. The Balaban J connectivity index is 1.50. The first-order valence-corrected chi connectivity index (χ1v) is 12.8. The number of anilines is 1. The van der Waals surface area contributed by atoms with Gasteiger partial charge >= 0.3 is 5.97 Å². The molecule has 2 aliphatic rings. The number of likely N-dealkylation sites (tertiary alicyclic amines) is 1. The lowest BCUT2D eigenvalue weighted by Gasteiger charge is -2.26. The highest BCUT2D eigenvalue weighted by Gasteiger charge is 2.25. The summed E-state index contributed by atoms with van der Waals surface area (Å²) in [6.07, 6.45) is 5.58. The van der Waals surface area contributed by atoms with Crippen LogP contribution in [0.4, 0.5) is 5.69 Å². The van der Waals surface area contributed by atoms with Crippen LogP contribution >= 0.6 is 0 Å². The minimum absolute atomic E-state index is 0.140. The summed E-state index contributed by atoms with van der Waals surface area (Å²) in [6, 6.07) is 5.35. The highest BCUT2D eigenvalue weighted by Crippen LogP contribution is 2.41. The van der Waals surface area contributed by atoms with Crippen LogP contribution in [0.1, 0.15) is 48.4 Å². The van der Waals surface area contributed by atoms with Gasteiger partial charge in [-0.25, -0.2) is 0 Å². The molecule has 0 bridgehead atoms. The Morgan fingerprint density at radius 1 is 1.03 bits per heavy atom. The molecule has 4 rings (SSSR count). The number of ether oxygens (including phenoxy) is 4. The Morgan fingerprint density at radius 3 is 2.49 bits per heavy atom. The zero-order chi connectivity index (χ0) is 26.5. The zero-order valence-corrected chi connectivity index (χ0v) is 22.4. The lowest BCUT2D eigenvalue weighted by molar-refractivity contribution is -0.132. The molecule has 37 heavy (non-hydrogen) atoms. The maximum absolute atomic E-state index is 13.2. The smallest absolute Gasteiger partial charge is 0.308 e. The molecule has 0 radical (unpaired) electrons. The van der Waals surface area contributed by atoms with Gasteiger partial charge in [0.05, 0.1) is 12.7 Å². The molecule has 2 aromatic carbocycles. The van der Waals surface area contributed by atoms with Gasteiger partial charge in [0, 0.05) is 36.3 Å². The van der Waals surface area contributed by atoms with E-state index in [9.17, 15) is 9.59 Å². The van der Waals surface area contributed by atoms with Crippen LogP contribution in [0.3, 0.4) is 0 Å². The van der Waals surface area contributed by atoms with Gasteiger partial charge in [-0.3, -0.25) is 14.5 Å². The largest absolute Gasteiger partial charge is 0.493 e. The predicted molar refractivity (Wildman–Crippen MR) is 143 cm³/mol. The topological polar surface area (TPSA) is 86.3 Å². The number of amides is 1. The number of rotatable bonds is 8. The van der Waals surface area contributed by atoms with E-state index in [-0.39, 0.29) is 12.5 Å². The molecule has 1 amide bonds. The van der Waals surface area contributed by atoms with E-state index in [2.05, 4.69) is 10.2 Å². The second kappa shape index (κ2) is 11.7. The van der Waals surface area contributed by atoms with Crippen LogP contribution in [0.15, 0.2) is 23.8 Å². The monoisotopic (exact) mass is 508 g/mol. The van der Waals surface area contributed by atoms with Crippen LogP contribution in [0.5, 0.6) is 23.0 Å². The number of nitrogens with zero attached hydrogens (tertiary/aromatic N) is 1. The normalized spacial score (nSPS) is 15.2. The zero-order valence-electron chi connectivity index (χ0n) is 22.4. The van der Waals surface area contributed by atoms with E-state index in [0.29, 0.717) is 40.9 Å². The molecule has 1 fully saturated rings. The molecule has 2 aromatic rings. The Hall–Kier alpha value is -3.52. The summed E-state index contributed by atoms with van der Waals surface area (Å²) in [6.45, 7) is 10.8. The average molecular weight is 509 g/mol. The summed E-state index contributed by atoms with van der Waals surface area (Å²) in [7, 11) is 1.60. The summed E-state index contributed by atoms with van der Waals surface area (Å²) in [5.41, 5.74) is 4.30. The number of carbonyl (C=O) groups excluding carboxylic acids is 2. The van der Waals surface area contributed by atoms with Gasteiger partial charge in [-0.15, -0.1) is 0 Å². The number of piperidine rings is 1. The highest BCUT2D eigenvalue weighted by molar-refractivity contribution is 6.08. The molecule has 1 N–H and O–H groups in total. The fourth-order valence-electron chi connectivity index (χ4n) is 4.82. The SMILES string of the molecule is COc1ccc(NC(=O)C2=Cc3c(C)c(OC(C)=O)c(C)c(C)c3OC2)cc1OCCN1CCCCC1. The third-order valence-electron chi connectivity index (χ3n) is 7.00. The number of nitrogens with one attached hydrogen (secondary N) is 1. The van der Waals surface area contributed by atoms with Crippen molar-refractivity contribution in [1.29, 1.82) is 0 Å². The van der Waals surface area contributed by atoms with Crippen LogP contribution in [-0.2, 0) is 9.59 Å². The maximum Gasteiger partial charge on any atom is 0.308 e. The molecule has 8 heteroatoms. The highest BCUT2D eigenvalue weighted by atomic mass is 16.5. The molecule has 0 spiro atoms. The van der Waals surface area contributed by atoms with E-state index in [0.717, 1.165) is 41.9 Å². The third-order valence-corrected chi connectivity index (χ3v) is 7.00. The lowest BCUT2D eigenvalue weighted by atomic mass is 9.94. The Bertz CT molecular complexity index is 1210. The molecule has 1 saturated heterocycles. The van der Waals surface area contributed by atoms with Crippen LogP contribution in [-0.4, -0.2) is 56.7 Å². The summed E-state index contributed by atoms with van der Waals surface area (Å²) < 4.78 is 23.0. The number of fused-ring (bicyclic) bond motifs is 1. The predicted octanol–water partition coefficient (Wildman–Crippen LogP) is 4.82. The second-order valence-electron chi connectivity index (χ2n) is 9.57. The average Bonchev–Trinajstić information content (AvgIpc) is 2.90. The quantitative estimate of drug-likeness (QED) is 0.404. The number of benzene rings is 2. The third kappa shape index (κ3) is 6.07. The van der Waals surface area contributed by atoms with E-state index >= 15 is 0 Å². The lowest BCUT2D eigenvalue weighted by Crippen LogP contribution is -2.33. The standard InChI is InChI=1S/C29H36N2O6/c1-18-19(2)28-24(20(3)27(18)37-21(4)32)15-22(17-36-28)29(33)30-23-9-10-25(34-5)26(16-23)35-14-13-31-11-7-6-8-12-31/h9-10,15-16H,6-8,11-14,17H2,1-5H3,(H,30,33). The first kappa shape index (κ1) is 26.5. The van der Waals surface area contributed by atoms with E-state index in [4.69, 9.17) is 18.9 Å². The van der Waals surface area contributed by atoms with Crippen molar-refractivity contribution in [3.63, 3.8) is 0 Å².